The third-order valence-corrected chi connectivity index (χ3v) is 7.33. The minimum atomic E-state index is -0.274. The van der Waals surface area contributed by atoms with Crippen LogP contribution < -0.4 is 9.47 Å². The summed E-state index contributed by atoms with van der Waals surface area (Å²) in [7, 11) is 1.62. The molecule has 2 aromatic carbocycles. The fourth-order valence-electron chi connectivity index (χ4n) is 5.24. The van der Waals surface area contributed by atoms with E-state index in [-0.39, 0.29) is 24.7 Å². The zero-order valence-corrected chi connectivity index (χ0v) is 23.5. The number of carbonyl (C=O) groups is 1. The molecule has 0 aromatic heterocycles. The molecule has 0 aliphatic carbocycles. The maximum absolute atomic E-state index is 14.3. The number of aliphatic hydroxyl groups is 1. The van der Waals surface area contributed by atoms with Crippen molar-refractivity contribution in [3.8, 4) is 11.5 Å². The number of piperazine rings is 1. The van der Waals surface area contributed by atoms with Crippen LogP contribution in [0.4, 0.5) is 4.79 Å². The average molecular weight is 543 g/mol. The summed E-state index contributed by atoms with van der Waals surface area (Å²) in [5, 5.41) is 9.99. The summed E-state index contributed by atoms with van der Waals surface area (Å²) in [5.41, 5.74) is 1.77. The van der Waals surface area contributed by atoms with E-state index in [1.807, 2.05) is 59.2 Å². The van der Waals surface area contributed by atoms with Gasteiger partial charge >= 0.3 is 6.03 Å². The number of methoxy groups -OCH3 is 1. The Labute approximate surface area is 230 Å². The van der Waals surface area contributed by atoms with Crippen LogP contribution in [0.1, 0.15) is 44.4 Å². The predicted octanol–water partition coefficient (Wildman–Crippen LogP) is 4.70. The van der Waals surface area contributed by atoms with E-state index in [9.17, 15) is 9.90 Å². The molecule has 9 heteroatoms. The molecule has 2 atom stereocenters. The van der Waals surface area contributed by atoms with Crippen molar-refractivity contribution in [2.75, 3.05) is 53.0 Å². The molecular formula is C29H39ClN4O4. The quantitative estimate of drug-likeness (QED) is 0.497. The zero-order chi connectivity index (χ0) is 27.2. The molecule has 1 saturated heterocycles. The lowest BCUT2D eigenvalue weighted by atomic mass is 9.93. The van der Waals surface area contributed by atoms with E-state index in [1.54, 1.807) is 7.11 Å². The largest absolute Gasteiger partial charge is 0.497 e. The molecule has 2 aliphatic heterocycles. The van der Waals surface area contributed by atoms with Crippen LogP contribution in [0, 0.1) is 5.92 Å². The first-order valence-electron chi connectivity index (χ1n) is 13.4. The number of carbonyl (C=O) groups excluding carboxylic acids is 1. The fraction of sp³-hybridized carbons (Fsp3) is 0.517. The Morgan fingerprint density at radius 1 is 1.13 bits per heavy atom. The van der Waals surface area contributed by atoms with Gasteiger partial charge in [-0.2, -0.15) is 0 Å². The molecule has 1 unspecified atom stereocenters. The Morgan fingerprint density at radius 3 is 2.45 bits per heavy atom. The maximum Gasteiger partial charge on any atom is 0.326 e. The summed E-state index contributed by atoms with van der Waals surface area (Å²) in [5.74, 6) is 2.32. The maximum atomic E-state index is 14.3. The summed E-state index contributed by atoms with van der Waals surface area (Å²) in [6.07, 6.45) is 0.824. The van der Waals surface area contributed by atoms with Crippen molar-refractivity contribution in [3.05, 3.63) is 58.6 Å². The molecule has 0 spiro atoms. The number of amidine groups is 1. The van der Waals surface area contributed by atoms with Gasteiger partial charge in [0.25, 0.3) is 0 Å². The minimum Gasteiger partial charge on any atom is -0.497 e. The van der Waals surface area contributed by atoms with Crippen molar-refractivity contribution in [2.45, 2.75) is 39.3 Å². The van der Waals surface area contributed by atoms with Crippen molar-refractivity contribution < 1.29 is 19.4 Å². The Balaban J connectivity index is 1.79. The Hall–Kier alpha value is -2.81. The standard InChI is InChI=1S/C29H39ClN4O4/c1-5-38-26-19-23(37-4)10-11-24(26)28-31-25(18-20(2)3)27(21-6-8-22(30)9-7-21)34(28)29(36)33-14-12-32(13-15-33)16-17-35/h6-11,19-20,25,27,35H,5,12-18H2,1-4H3/t25?,27-/m0/s1. The number of aliphatic hydroxyl groups excluding tert-OH is 1. The van der Waals surface area contributed by atoms with Crippen LogP contribution in [-0.2, 0) is 0 Å². The van der Waals surface area contributed by atoms with Gasteiger partial charge in [-0.05, 0) is 49.1 Å². The molecule has 2 amide bonds. The number of hydrogen-bond donors (Lipinski definition) is 1. The molecule has 38 heavy (non-hydrogen) atoms. The molecular weight excluding hydrogens is 504 g/mol. The van der Waals surface area contributed by atoms with Gasteiger partial charge in [-0.25, -0.2) is 4.79 Å². The van der Waals surface area contributed by atoms with Crippen molar-refractivity contribution >= 4 is 23.5 Å². The van der Waals surface area contributed by atoms with E-state index in [4.69, 9.17) is 26.1 Å². The smallest absolute Gasteiger partial charge is 0.326 e. The van der Waals surface area contributed by atoms with Crippen LogP contribution in [0.15, 0.2) is 47.5 Å². The normalized spacial score (nSPS) is 20.1. The molecule has 1 N–H and O–H groups in total. The number of β-amino-alcohol motifs (C(OH)–C–C–N with tert-alkyl or cyclic N) is 1. The van der Waals surface area contributed by atoms with Gasteiger partial charge in [0.1, 0.15) is 17.3 Å². The molecule has 1 fully saturated rings. The summed E-state index contributed by atoms with van der Waals surface area (Å²) < 4.78 is 11.5. The van der Waals surface area contributed by atoms with Crippen molar-refractivity contribution in [3.63, 3.8) is 0 Å². The molecule has 2 heterocycles. The number of urea groups is 1. The predicted molar refractivity (Wildman–Crippen MR) is 150 cm³/mol. The first-order chi connectivity index (χ1) is 18.4. The van der Waals surface area contributed by atoms with Gasteiger partial charge in [0, 0.05) is 43.8 Å². The van der Waals surface area contributed by atoms with E-state index in [0.717, 1.165) is 30.6 Å². The highest BCUT2D eigenvalue weighted by molar-refractivity contribution is 6.30. The minimum absolute atomic E-state index is 0.0723. The average Bonchev–Trinajstić information content (AvgIpc) is 3.27. The summed E-state index contributed by atoms with van der Waals surface area (Å²) in [6, 6.07) is 12.9. The van der Waals surface area contributed by atoms with E-state index in [2.05, 4.69) is 18.7 Å². The van der Waals surface area contributed by atoms with Crippen LogP contribution in [0.25, 0.3) is 0 Å². The van der Waals surface area contributed by atoms with Crippen molar-refractivity contribution in [1.29, 1.82) is 0 Å². The van der Waals surface area contributed by atoms with Gasteiger partial charge in [-0.1, -0.05) is 37.6 Å². The van der Waals surface area contributed by atoms with Crippen LogP contribution in [0.2, 0.25) is 5.02 Å². The second kappa shape index (κ2) is 12.8. The number of amides is 2. The van der Waals surface area contributed by atoms with Gasteiger partial charge in [0.2, 0.25) is 0 Å². The lowest BCUT2D eigenvalue weighted by Gasteiger charge is -2.39. The van der Waals surface area contributed by atoms with Crippen LogP contribution in [-0.4, -0.2) is 90.8 Å². The second-order valence-electron chi connectivity index (χ2n) is 10.1. The van der Waals surface area contributed by atoms with E-state index < -0.39 is 0 Å². The Morgan fingerprint density at radius 2 is 1.84 bits per heavy atom. The van der Waals surface area contributed by atoms with Crippen LogP contribution >= 0.6 is 11.6 Å². The van der Waals surface area contributed by atoms with Crippen molar-refractivity contribution in [2.24, 2.45) is 10.9 Å². The molecule has 2 aliphatic rings. The number of benzene rings is 2. The Bertz CT molecular complexity index is 1120. The van der Waals surface area contributed by atoms with Gasteiger partial charge in [-0.15, -0.1) is 0 Å². The summed E-state index contributed by atoms with van der Waals surface area (Å²) in [4.78, 5) is 25.5. The monoisotopic (exact) mass is 542 g/mol. The Kier molecular flexibility index (Phi) is 9.52. The summed E-state index contributed by atoms with van der Waals surface area (Å²) in [6.45, 7) is 10.1. The number of rotatable bonds is 9. The lowest BCUT2D eigenvalue weighted by molar-refractivity contribution is 0.107. The third-order valence-electron chi connectivity index (χ3n) is 7.08. The number of hydrogen-bond acceptors (Lipinski definition) is 6. The van der Waals surface area contributed by atoms with Gasteiger partial charge in [0.15, 0.2) is 0 Å². The highest BCUT2D eigenvalue weighted by Crippen LogP contribution is 2.40. The summed E-state index contributed by atoms with van der Waals surface area (Å²) >= 11 is 6.24. The first kappa shape index (κ1) is 28.2. The van der Waals surface area contributed by atoms with E-state index in [0.29, 0.717) is 54.5 Å². The molecule has 4 rings (SSSR count). The molecule has 8 nitrogen and oxygen atoms in total. The van der Waals surface area contributed by atoms with Gasteiger partial charge in [-0.3, -0.25) is 14.8 Å². The third kappa shape index (κ3) is 6.25. The molecule has 2 aromatic rings. The van der Waals surface area contributed by atoms with Crippen LogP contribution in [0.5, 0.6) is 11.5 Å². The molecule has 0 radical (unpaired) electrons. The SMILES string of the molecule is CCOc1cc(OC)ccc1C1=NC(CC(C)C)[C@H](c2ccc(Cl)cc2)N1C(=O)N1CCN(CCO)CC1. The highest BCUT2D eigenvalue weighted by Gasteiger charge is 2.44. The van der Waals surface area contributed by atoms with E-state index in [1.165, 1.54) is 0 Å². The first-order valence-corrected chi connectivity index (χ1v) is 13.8. The zero-order valence-electron chi connectivity index (χ0n) is 22.8. The van der Waals surface area contributed by atoms with Crippen LogP contribution in [0.3, 0.4) is 0 Å². The number of nitrogens with zero attached hydrogens (tertiary/aromatic N) is 4. The van der Waals surface area contributed by atoms with Gasteiger partial charge in [0.05, 0.1) is 38.0 Å². The molecule has 0 bridgehead atoms. The fourth-order valence-corrected chi connectivity index (χ4v) is 5.37. The van der Waals surface area contributed by atoms with Crippen molar-refractivity contribution in [1.82, 2.24) is 14.7 Å². The number of ether oxygens (including phenoxy) is 2. The molecule has 206 valence electrons. The highest BCUT2D eigenvalue weighted by atomic mass is 35.5. The number of aliphatic imine (C=N–C) groups is 1. The molecule has 0 saturated carbocycles. The topological polar surface area (TPSA) is 77.8 Å². The second-order valence-corrected chi connectivity index (χ2v) is 10.6. The van der Waals surface area contributed by atoms with E-state index >= 15 is 0 Å². The van der Waals surface area contributed by atoms with Gasteiger partial charge < -0.3 is 19.5 Å². The number of halogens is 1. The lowest BCUT2D eigenvalue weighted by Crippen LogP contribution is -2.54.